The maximum Gasteiger partial charge on any atom is 0.416 e. The molecule has 0 radical (unpaired) electrons. The van der Waals surface area contributed by atoms with Crippen molar-refractivity contribution in [2.24, 2.45) is 0 Å². The Bertz CT molecular complexity index is 1300. The van der Waals surface area contributed by atoms with Gasteiger partial charge in [0.05, 0.1) is 12.7 Å². The minimum absolute atomic E-state index is 0.0862. The van der Waals surface area contributed by atoms with Crippen LogP contribution in [0.25, 0.3) is 16.8 Å². The maximum absolute atomic E-state index is 12.9. The number of anilines is 1. The summed E-state index contributed by atoms with van der Waals surface area (Å²) in [5.74, 6) is -0.325. The van der Waals surface area contributed by atoms with Crippen molar-refractivity contribution in [2.45, 2.75) is 12.7 Å². The van der Waals surface area contributed by atoms with E-state index in [9.17, 15) is 18.0 Å². The summed E-state index contributed by atoms with van der Waals surface area (Å²) in [5, 5.41) is 6.62. The molecule has 0 spiro atoms. The predicted octanol–water partition coefficient (Wildman–Crippen LogP) is 3.33. The lowest BCUT2D eigenvalue weighted by atomic mass is 10.1. The number of alkyl halides is 3. The van der Waals surface area contributed by atoms with Gasteiger partial charge in [-0.15, -0.1) is 5.10 Å². The summed E-state index contributed by atoms with van der Waals surface area (Å²) >= 11 is 0. The molecule has 0 fully saturated rings. The van der Waals surface area contributed by atoms with Gasteiger partial charge in [0, 0.05) is 24.5 Å². The number of aromatic nitrogens is 4. The molecule has 0 aliphatic heterocycles. The first kappa shape index (κ1) is 21.1. The molecule has 0 bridgehead atoms. The van der Waals surface area contributed by atoms with Gasteiger partial charge in [-0.1, -0.05) is 12.1 Å². The molecule has 0 atom stereocenters. The molecule has 3 N–H and O–H groups in total. The van der Waals surface area contributed by atoms with E-state index in [1.165, 1.54) is 30.0 Å². The molecule has 0 aliphatic carbocycles. The third kappa shape index (κ3) is 4.31. The van der Waals surface area contributed by atoms with Gasteiger partial charge in [-0.3, -0.25) is 4.79 Å². The fraction of sp³-hybridized carbons (Fsp3) is 0.143. The predicted molar refractivity (Wildman–Crippen MR) is 110 cm³/mol. The normalized spacial score (nSPS) is 11.5. The Hall–Kier alpha value is -4.15. The minimum Gasteiger partial charge on any atom is -0.480 e. The van der Waals surface area contributed by atoms with Crippen LogP contribution in [-0.4, -0.2) is 32.6 Å². The zero-order valence-corrected chi connectivity index (χ0v) is 16.7. The quantitative estimate of drug-likeness (QED) is 0.491. The Kier molecular flexibility index (Phi) is 5.39. The van der Waals surface area contributed by atoms with Crippen LogP contribution in [0.2, 0.25) is 0 Å². The molecule has 1 aromatic carbocycles. The van der Waals surface area contributed by atoms with E-state index in [1.54, 1.807) is 24.4 Å². The van der Waals surface area contributed by atoms with E-state index in [0.29, 0.717) is 22.3 Å². The maximum atomic E-state index is 12.9. The van der Waals surface area contributed by atoms with Gasteiger partial charge in [0.1, 0.15) is 5.56 Å². The van der Waals surface area contributed by atoms with Crippen LogP contribution >= 0.6 is 0 Å². The van der Waals surface area contributed by atoms with Crippen LogP contribution in [0.5, 0.6) is 5.88 Å². The van der Waals surface area contributed by atoms with Gasteiger partial charge in [0.15, 0.2) is 5.65 Å². The molecule has 0 unspecified atom stereocenters. The number of hydrogen-bond acceptors (Lipinski definition) is 6. The molecule has 0 saturated carbocycles. The number of methoxy groups -OCH3 is 1. The van der Waals surface area contributed by atoms with E-state index in [-0.39, 0.29) is 23.9 Å². The molecule has 3 aromatic heterocycles. The van der Waals surface area contributed by atoms with Crippen molar-refractivity contribution in [3.05, 3.63) is 71.5 Å². The van der Waals surface area contributed by atoms with Crippen molar-refractivity contribution in [1.82, 2.24) is 24.9 Å². The Morgan fingerprint density at radius 2 is 2.00 bits per heavy atom. The fourth-order valence-electron chi connectivity index (χ4n) is 3.15. The number of nitrogens with one attached hydrogen (secondary N) is 1. The van der Waals surface area contributed by atoms with Crippen LogP contribution in [0.15, 0.2) is 54.9 Å². The molecular formula is C21H17F3N6O2. The van der Waals surface area contributed by atoms with Crippen molar-refractivity contribution in [1.29, 1.82) is 0 Å². The first-order valence-electron chi connectivity index (χ1n) is 9.35. The summed E-state index contributed by atoms with van der Waals surface area (Å²) in [7, 11) is 1.37. The number of pyridine rings is 2. The summed E-state index contributed by atoms with van der Waals surface area (Å²) in [4.78, 5) is 21.1. The lowest BCUT2D eigenvalue weighted by Gasteiger charge is -2.12. The van der Waals surface area contributed by atoms with Crippen LogP contribution in [-0.2, 0) is 12.7 Å². The molecule has 0 saturated heterocycles. The summed E-state index contributed by atoms with van der Waals surface area (Å²) < 4.78 is 45.4. The number of amides is 1. The molecule has 32 heavy (non-hydrogen) atoms. The van der Waals surface area contributed by atoms with E-state index in [2.05, 4.69) is 20.4 Å². The second-order valence-electron chi connectivity index (χ2n) is 6.85. The Balaban J connectivity index is 1.58. The monoisotopic (exact) mass is 442 g/mol. The number of nitrogens with two attached hydrogens (primary N) is 1. The van der Waals surface area contributed by atoms with E-state index < -0.39 is 17.6 Å². The molecule has 8 nitrogen and oxygen atoms in total. The SMILES string of the molecule is COc1ncc(-c2ccn3nc(N)nc3c2)cc1C(=O)NCc1cccc(C(F)(F)F)c1. The van der Waals surface area contributed by atoms with E-state index >= 15 is 0 Å². The number of hydrogen-bond donors (Lipinski definition) is 2. The third-order valence-electron chi connectivity index (χ3n) is 4.68. The summed E-state index contributed by atoms with van der Waals surface area (Å²) in [6.07, 6.45) is -1.25. The topological polar surface area (TPSA) is 107 Å². The standard InChI is InChI=1S/C21H17F3N6O2/c1-32-19-16(18(31)26-10-12-3-2-4-15(7-12)21(22,23)24)8-14(11-27-19)13-5-6-30-17(9-13)28-20(25)29-30/h2-9,11H,10H2,1H3,(H2,25,29)(H,26,31). The van der Waals surface area contributed by atoms with Crippen LogP contribution < -0.4 is 15.8 Å². The number of carbonyl (C=O) groups excluding carboxylic acids is 1. The molecule has 164 valence electrons. The van der Waals surface area contributed by atoms with Gasteiger partial charge in [-0.05, 0) is 41.5 Å². The highest BCUT2D eigenvalue weighted by Gasteiger charge is 2.30. The molecular weight excluding hydrogens is 425 g/mol. The number of rotatable bonds is 5. The van der Waals surface area contributed by atoms with Crippen LogP contribution in [0.3, 0.4) is 0 Å². The zero-order valence-electron chi connectivity index (χ0n) is 16.7. The van der Waals surface area contributed by atoms with Gasteiger partial charge in [0.2, 0.25) is 11.8 Å². The number of halogens is 3. The van der Waals surface area contributed by atoms with Crippen LogP contribution in [0.4, 0.5) is 19.1 Å². The molecule has 4 rings (SSSR count). The van der Waals surface area contributed by atoms with Crippen molar-refractivity contribution in [3.63, 3.8) is 0 Å². The average Bonchev–Trinajstić information content (AvgIpc) is 3.15. The molecule has 0 aliphatic rings. The van der Waals surface area contributed by atoms with Crippen molar-refractivity contribution in [2.75, 3.05) is 12.8 Å². The largest absolute Gasteiger partial charge is 0.480 e. The summed E-state index contributed by atoms with van der Waals surface area (Å²) in [5.41, 5.74) is 7.12. The highest BCUT2D eigenvalue weighted by molar-refractivity contribution is 5.97. The average molecular weight is 442 g/mol. The van der Waals surface area contributed by atoms with E-state index in [1.807, 2.05) is 0 Å². The highest BCUT2D eigenvalue weighted by Crippen LogP contribution is 2.30. The van der Waals surface area contributed by atoms with Gasteiger partial charge in [-0.25, -0.2) is 9.50 Å². The lowest BCUT2D eigenvalue weighted by molar-refractivity contribution is -0.137. The first-order valence-corrected chi connectivity index (χ1v) is 9.35. The number of benzene rings is 1. The Labute approximate surface area is 179 Å². The number of nitrogen functional groups attached to an aromatic ring is 1. The first-order chi connectivity index (χ1) is 15.2. The van der Waals surface area contributed by atoms with Crippen LogP contribution in [0.1, 0.15) is 21.5 Å². The number of fused-ring (bicyclic) bond motifs is 1. The van der Waals surface area contributed by atoms with Crippen molar-refractivity contribution < 1.29 is 22.7 Å². The van der Waals surface area contributed by atoms with Gasteiger partial charge < -0.3 is 15.8 Å². The van der Waals surface area contributed by atoms with Crippen LogP contribution in [0, 0.1) is 0 Å². The lowest BCUT2D eigenvalue weighted by Crippen LogP contribution is -2.24. The second-order valence-corrected chi connectivity index (χ2v) is 6.85. The highest BCUT2D eigenvalue weighted by atomic mass is 19.4. The minimum atomic E-state index is -4.46. The fourth-order valence-corrected chi connectivity index (χ4v) is 3.15. The number of ether oxygens (including phenoxy) is 1. The Morgan fingerprint density at radius 1 is 1.19 bits per heavy atom. The summed E-state index contributed by atoms with van der Waals surface area (Å²) in [6, 6.07) is 9.83. The van der Waals surface area contributed by atoms with Gasteiger partial charge in [0.25, 0.3) is 5.91 Å². The summed E-state index contributed by atoms with van der Waals surface area (Å²) in [6.45, 7) is -0.0961. The van der Waals surface area contributed by atoms with Crippen molar-refractivity contribution >= 4 is 17.5 Å². The van der Waals surface area contributed by atoms with E-state index in [0.717, 1.165) is 12.1 Å². The molecule has 3 heterocycles. The molecule has 11 heteroatoms. The molecule has 1 amide bonds. The smallest absolute Gasteiger partial charge is 0.416 e. The molecule has 4 aromatic rings. The Morgan fingerprint density at radius 3 is 2.75 bits per heavy atom. The second kappa shape index (κ2) is 8.17. The van der Waals surface area contributed by atoms with E-state index in [4.69, 9.17) is 10.5 Å². The third-order valence-corrected chi connectivity index (χ3v) is 4.68. The number of carbonyl (C=O) groups is 1. The number of nitrogens with zero attached hydrogens (tertiary/aromatic N) is 4. The zero-order chi connectivity index (χ0) is 22.9. The van der Waals surface area contributed by atoms with Crippen molar-refractivity contribution in [3.8, 4) is 17.0 Å². The van der Waals surface area contributed by atoms with Gasteiger partial charge >= 0.3 is 6.18 Å². The van der Waals surface area contributed by atoms with Gasteiger partial charge in [-0.2, -0.15) is 18.2 Å².